The molecular formula is C40H52F4O6. The van der Waals surface area contributed by atoms with E-state index in [9.17, 15) is 23.5 Å². The van der Waals surface area contributed by atoms with Crippen molar-refractivity contribution in [2.75, 3.05) is 26.4 Å². The van der Waals surface area contributed by atoms with E-state index in [1.54, 1.807) is 13.8 Å². The van der Waals surface area contributed by atoms with Gasteiger partial charge in [0.1, 0.15) is 29.0 Å². The van der Waals surface area contributed by atoms with E-state index in [0.29, 0.717) is 42.8 Å². The Morgan fingerprint density at radius 1 is 0.860 bits per heavy atom. The van der Waals surface area contributed by atoms with E-state index in [4.69, 9.17) is 14.2 Å². The van der Waals surface area contributed by atoms with Crippen LogP contribution in [-0.2, 0) is 19.1 Å². The summed E-state index contributed by atoms with van der Waals surface area (Å²) in [6.07, 6.45) is 9.33. The number of carbonyl (C=O) groups is 2. The molecule has 0 radical (unpaired) electrons. The highest BCUT2D eigenvalue weighted by molar-refractivity contribution is 5.86. The smallest absolute Gasteiger partial charge is 0.333 e. The third-order valence-electron chi connectivity index (χ3n) is 10.5. The predicted octanol–water partition coefficient (Wildman–Crippen LogP) is 9.47. The third-order valence-corrected chi connectivity index (χ3v) is 10.5. The van der Waals surface area contributed by atoms with Gasteiger partial charge in [-0.2, -0.15) is 0 Å². The average molecular weight is 705 g/mol. The maximum Gasteiger partial charge on any atom is 0.333 e. The monoisotopic (exact) mass is 704 g/mol. The second-order valence-electron chi connectivity index (χ2n) is 14.4. The zero-order chi connectivity index (χ0) is 36.4. The number of unbranched alkanes of at least 4 members (excludes halogenated alkanes) is 1. The second kappa shape index (κ2) is 18.7. The molecule has 0 spiro atoms. The Balaban J connectivity index is 1.31. The highest BCUT2D eigenvalue weighted by atomic mass is 19.1. The lowest BCUT2D eigenvalue weighted by Gasteiger charge is -2.38. The van der Waals surface area contributed by atoms with E-state index in [1.165, 1.54) is 0 Å². The molecule has 2 aromatic carbocycles. The van der Waals surface area contributed by atoms with Crippen LogP contribution in [0.4, 0.5) is 17.6 Å². The first-order valence-electron chi connectivity index (χ1n) is 18.1. The lowest BCUT2D eigenvalue weighted by Crippen LogP contribution is -2.29. The van der Waals surface area contributed by atoms with Crippen molar-refractivity contribution in [2.24, 2.45) is 29.6 Å². The normalized spacial score (nSPS) is 22.0. The lowest BCUT2D eigenvalue weighted by molar-refractivity contribution is -0.152. The predicted molar refractivity (Wildman–Crippen MR) is 183 cm³/mol. The van der Waals surface area contributed by atoms with E-state index in [-0.39, 0.29) is 48.5 Å². The van der Waals surface area contributed by atoms with Crippen LogP contribution in [-0.4, -0.2) is 43.5 Å². The van der Waals surface area contributed by atoms with Gasteiger partial charge < -0.3 is 19.3 Å². The molecule has 0 heterocycles. The quantitative estimate of drug-likeness (QED) is 0.0812. The number of aliphatic hydroxyl groups is 1. The van der Waals surface area contributed by atoms with Gasteiger partial charge in [-0.15, -0.1) is 0 Å². The molecule has 10 heteroatoms. The highest BCUT2D eigenvalue weighted by Crippen LogP contribution is 2.46. The number of benzene rings is 2. The minimum Gasteiger partial charge on any atom is -0.493 e. The van der Waals surface area contributed by atoms with E-state index < -0.39 is 46.7 Å². The number of esters is 2. The standard InChI is InChI=1S/C40H52F4O6/c1-5-6-15-48-32-19-35(43)38(36(44)20-32)31-17-33(41)37(34(42)18-31)30-13-11-29(12-14-30)28-9-7-26(8-10-28)16-27(22-49-39(46)24(2)3)23-50-40(47)25(4)21-45/h17-20,25-30,45H,2,5-16,21-23H2,1,3-4H3. The molecule has 2 unspecified atom stereocenters. The fourth-order valence-electron chi connectivity index (χ4n) is 7.53. The van der Waals surface area contributed by atoms with Crippen LogP contribution in [0.2, 0.25) is 0 Å². The van der Waals surface area contributed by atoms with Gasteiger partial charge in [-0.05, 0) is 107 Å². The zero-order valence-corrected chi connectivity index (χ0v) is 29.6. The van der Waals surface area contributed by atoms with Crippen molar-refractivity contribution < 1.29 is 46.5 Å². The Morgan fingerprint density at radius 2 is 1.42 bits per heavy atom. The summed E-state index contributed by atoms with van der Waals surface area (Å²) in [6, 6.07) is 4.16. The molecule has 0 aliphatic heterocycles. The maximum atomic E-state index is 15.4. The minimum absolute atomic E-state index is 0.0104. The summed E-state index contributed by atoms with van der Waals surface area (Å²) in [5.74, 6) is -4.13. The van der Waals surface area contributed by atoms with Crippen molar-refractivity contribution in [1.29, 1.82) is 0 Å². The molecule has 2 aliphatic rings. The van der Waals surface area contributed by atoms with Gasteiger partial charge >= 0.3 is 11.9 Å². The number of halogens is 4. The van der Waals surface area contributed by atoms with Gasteiger partial charge in [0, 0.05) is 29.2 Å². The first kappa shape index (κ1) is 39.4. The van der Waals surface area contributed by atoms with Crippen molar-refractivity contribution in [2.45, 2.75) is 97.3 Å². The molecule has 2 aliphatic carbocycles. The molecule has 6 nitrogen and oxygen atoms in total. The number of hydrogen-bond acceptors (Lipinski definition) is 6. The number of rotatable bonds is 16. The Bertz CT molecular complexity index is 1420. The Morgan fingerprint density at radius 3 is 1.96 bits per heavy atom. The highest BCUT2D eigenvalue weighted by Gasteiger charge is 2.34. The topological polar surface area (TPSA) is 82.1 Å². The largest absolute Gasteiger partial charge is 0.493 e. The van der Waals surface area contributed by atoms with E-state index in [2.05, 4.69) is 6.58 Å². The van der Waals surface area contributed by atoms with Gasteiger partial charge in [-0.1, -0.05) is 32.8 Å². The molecule has 4 rings (SSSR count). The van der Waals surface area contributed by atoms with Gasteiger partial charge in [-0.25, -0.2) is 22.4 Å². The van der Waals surface area contributed by atoms with Gasteiger partial charge in [0.05, 0.1) is 37.9 Å². The lowest BCUT2D eigenvalue weighted by atomic mass is 9.67. The second-order valence-corrected chi connectivity index (χ2v) is 14.4. The van der Waals surface area contributed by atoms with E-state index in [1.807, 2.05) is 6.92 Å². The fraction of sp³-hybridized carbons (Fsp3) is 0.600. The molecule has 2 atom stereocenters. The molecule has 2 aromatic rings. The molecule has 0 amide bonds. The van der Waals surface area contributed by atoms with Gasteiger partial charge in [-0.3, -0.25) is 4.79 Å². The maximum absolute atomic E-state index is 15.4. The summed E-state index contributed by atoms with van der Waals surface area (Å²) in [7, 11) is 0. The first-order chi connectivity index (χ1) is 23.9. The van der Waals surface area contributed by atoms with Crippen molar-refractivity contribution in [3.63, 3.8) is 0 Å². The van der Waals surface area contributed by atoms with Gasteiger partial charge in [0.15, 0.2) is 0 Å². The molecule has 50 heavy (non-hydrogen) atoms. The summed E-state index contributed by atoms with van der Waals surface area (Å²) >= 11 is 0. The summed E-state index contributed by atoms with van der Waals surface area (Å²) in [5, 5.41) is 9.26. The number of ether oxygens (including phenoxy) is 3. The van der Waals surface area contributed by atoms with Crippen molar-refractivity contribution in [3.8, 4) is 16.9 Å². The Hall–Kier alpha value is -3.40. The summed E-state index contributed by atoms with van der Waals surface area (Å²) < 4.78 is 76.9. The SMILES string of the molecule is C=C(C)C(=O)OCC(COC(=O)C(C)CO)CC1CCC(C2CCC(c3c(F)cc(-c4c(F)cc(OCCCC)cc4F)cc3F)CC2)CC1. The average Bonchev–Trinajstić information content (AvgIpc) is 3.09. The summed E-state index contributed by atoms with van der Waals surface area (Å²) in [5.41, 5.74) is -0.372. The molecule has 0 aromatic heterocycles. The van der Waals surface area contributed by atoms with Crippen LogP contribution < -0.4 is 4.74 Å². The van der Waals surface area contributed by atoms with Crippen molar-refractivity contribution in [3.05, 3.63) is 65.2 Å². The Kier molecular flexibility index (Phi) is 14.8. The number of carbonyl (C=O) groups excluding carboxylic acids is 2. The van der Waals surface area contributed by atoms with Crippen LogP contribution >= 0.6 is 0 Å². The molecular weight excluding hydrogens is 652 g/mol. The molecule has 0 saturated heterocycles. The van der Waals surface area contributed by atoms with E-state index in [0.717, 1.165) is 82.1 Å². The zero-order valence-electron chi connectivity index (χ0n) is 29.6. The van der Waals surface area contributed by atoms with Crippen LogP contribution in [0, 0.1) is 52.9 Å². The fourth-order valence-corrected chi connectivity index (χ4v) is 7.53. The van der Waals surface area contributed by atoms with Crippen LogP contribution in [0.25, 0.3) is 11.1 Å². The third kappa shape index (κ3) is 10.6. The van der Waals surface area contributed by atoms with E-state index >= 15 is 8.78 Å². The molecule has 0 bridgehead atoms. The number of aliphatic hydroxyl groups excluding tert-OH is 1. The van der Waals surface area contributed by atoms with Crippen LogP contribution in [0.5, 0.6) is 5.75 Å². The number of hydrogen-bond donors (Lipinski definition) is 1. The van der Waals surface area contributed by atoms with Crippen LogP contribution in [0.15, 0.2) is 36.4 Å². The van der Waals surface area contributed by atoms with Crippen molar-refractivity contribution >= 4 is 11.9 Å². The molecule has 2 fully saturated rings. The van der Waals surface area contributed by atoms with Crippen molar-refractivity contribution in [1.82, 2.24) is 0 Å². The molecule has 2 saturated carbocycles. The Labute approximate surface area is 293 Å². The van der Waals surface area contributed by atoms with Crippen LogP contribution in [0.3, 0.4) is 0 Å². The summed E-state index contributed by atoms with van der Waals surface area (Å²) in [4.78, 5) is 24.2. The van der Waals surface area contributed by atoms with Gasteiger partial charge in [0.25, 0.3) is 0 Å². The summed E-state index contributed by atoms with van der Waals surface area (Å²) in [6.45, 7) is 9.00. The molecule has 276 valence electrons. The molecule has 1 N–H and O–H groups in total. The minimum atomic E-state index is -0.934. The van der Waals surface area contributed by atoms with Gasteiger partial charge in [0.2, 0.25) is 0 Å². The van der Waals surface area contributed by atoms with Crippen LogP contribution in [0.1, 0.15) is 103 Å². The first-order valence-corrected chi connectivity index (χ1v) is 18.1.